The fraction of sp³-hybridized carbons (Fsp3) is 0.333. The molecule has 0 aromatic heterocycles. The van der Waals surface area contributed by atoms with Crippen LogP contribution in [0.1, 0.15) is 12.5 Å². The zero-order chi connectivity index (χ0) is 12.7. The molecule has 0 saturated carbocycles. The number of carbonyl (C=O) groups excluding carboxylic acids is 2. The van der Waals surface area contributed by atoms with E-state index in [1.165, 1.54) is 7.05 Å². The Balaban J connectivity index is 2.42. The lowest BCUT2D eigenvalue weighted by Crippen LogP contribution is -2.34. The number of ether oxygens (including phenoxy) is 2. The molecule has 0 unspecified atom stereocenters. The molecule has 0 aliphatic rings. The lowest BCUT2D eigenvalue weighted by molar-refractivity contribution is 0.0832. The molecule has 17 heavy (non-hydrogen) atoms. The zero-order valence-electron chi connectivity index (χ0n) is 9.88. The molecule has 0 spiro atoms. The van der Waals surface area contributed by atoms with Gasteiger partial charge in [-0.25, -0.2) is 14.5 Å². The summed E-state index contributed by atoms with van der Waals surface area (Å²) in [7, 11) is 1.31. The normalized spacial score (nSPS) is 9.53. The van der Waals surface area contributed by atoms with Crippen LogP contribution in [-0.4, -0.2) is 30.7 Å². The average Bonchev–Trinajstić information content (AvgIpc) is 2.36. The van der Waals surface area contributed by atoms with E-state index in [1.807, 2.05) is 30.3 Å². The van der Waals surface area contributed by atoms with Crippen LogP contribution in [0, 0.1) is 0 Å². The van der Waals surface area contributed by atoms with Crippen molar-refractivity contribution in [2.45, 2.75) is 13.5 Å². The van der Waals surface area contributed by atoms with Crippen molar-refractivity contribution in [1.29, 1.82) is 0 Å². The van der Waals surface area contributed by atoms with Gasteiger partial charge in [-0.2, -0.15) is 0 Å². The number of rotatable bonds is 3. The third-order valence-electron chi connectivity index (χ3n) is 2.02. The first kappa shape index (κ1) is 13.0. The number of hydrogen-bond acceptors (Lipinski definition) is 4. The number of amides is 2. The van der Waals surface area contributed by atoms with Gasteiger partial charge in [0.2, 0.25) is 0 Å². The second kappa shape index (κ2) is 6.52. The van der Waals surface area contributed by atoms with Crippen molar-refractivity contribution in [2.24, 2.45) is 0 Å². The van der Waals surface area contributed by atoms with Gasteiger partial charge in [-0.05, 0) is 12.5 Å². The summed E-state index contributed by atoms with van der Waals surface area (Å²) in [5, 5.41) is 0. The molecular formula is C12H15NO4. The molecule has 0 bridgehead atoms. The van der Waals surface area contributed by atoms with Crippen LogP contribution in [0.3, 0.4) is 0 Å². The minimum absolute atomic E-state index is 0.128. The summed E-state index contributed by atoms with van der Waals surface area (Å²) in [4.78, 5) is 23.4. The summed E-state index contributed by atoms with van der Waals surface area (Å²) in [5.41, 5.74) is 0.859. The first-order valence-electron chi connectivity index (χ1n) is 5.26. The van der Waals surface area contributed by atoms with Crippen molar-refractivity contribution >= 4 is 12.2 Å². The van der Waals surface area contributed by atoms with E-state index < -0.39 is 12.2 Å². The van der Waals surface area contributed by atoms with Gasteiger partial charge in [0.05, 0.1) is 6.61 Å². The van der Waals surface area contributed by atoms with E-state index in [0.717, 1.165) is 10.5 Å². The average molecular weight is 237 g/mol. The molecule has 1 aromatic carbocycles. The smallest absolute Gasteiger partial charge is 0.419 e. The van der Waals surface area contributed by atoms with E-state index >= 15 is 0 Å². The third kappa shape index (κ3) is 4.14. The maximum Gasteiger partial charge on any atom is 0.419 e. The van der Waals surface area contributed by atoms with Crippen LogP contribution < -0.4 is 0 Å². The molecule has 0 fully saturated rings. The van der Waals surface area contributed by atoms with E-state index in [4.69, 9.17) is 4.74 Å². The second-order valence-electron chi connectivity index (χ2n) is 3.30. The van der Waals surface area contributed by atoms with Gasteiger partial charge >= 0.3 is 12.2 Å². The molecule has 0 aliphatic carbocycles. The predicted molar refractivity (Wildman–Crippen MR) is 61.4 cm³/mol. The van der Waals surface area contributed by atoms with Crippen molar-refractivity contribution in [3.63, 3.8) is 0 Å². The molecule has 92 valence electrons. The number of nitrogens with zero attached hydrogens (tertiary/aromatic N) is 1. The van der Waals surface area contributed by atoms with E-state index in [1.54, 1.807) is 6.92 Å². The Morgan fingerprint density at radius 3 is 2.29 bits per heavy atom. The third-order valence-corrected chi connectivity index (χ3v) is 2.02. The van der Waals surface area contributed by atoms with Crippen LogP contribution in [0.4, 0.5) is 9.59 Å². The lowest BCUT2D eigenvalue weighted by atomic mass is 10.2. The minimum atomic E-state index is -0.729. The number of carbonyl (C=O) groups is 2. The highest BCUT2D eigenvalue weighted by Crippen LogP contribution is 2.03. The molecule has 0 aliphatic heterocycles. The van der Waals surface area contributed by atoms with E-state index in [2.05, 4.69) is 4.74 Å². The lowest BCUT2D eigenvalue weighted by Gasteiger charge is -2.14. The molecule has 0 heterocycles. The maximum atomic E-state index is 11.4. The number of hydrogen-bond donors (Lipinski definition) is 0. The summed E-state index contributed by atoms with van der Waals surface area (Å²) < 4.78 is 9.61. The van der Waals surface area contributed by atoms with E-state index in [0.29, 0.717) is 0 Å². The van der Waals surface area contributed by atoms with Crippen molar-refractivity contribution in [1.82, 2.24) is 4.90 Å². The minimum Gasteiger partial charge on any atom is -0.449 e. The van der Waals surface area contributed by atoms with E-state index in [9.17, 15) is 9.59 Å². The van der Waals surface area contributed by atoms with Crippen LogP contribution in [0.15, 0.2) is 30.3 Å². The van der Waals surface area contributed by atoms with Crippen LogP contribution in [-0.2, 0) is 16.1 Å². The first-order chi connectivity index (χ1) is 8.15. The highest BCUT2D eigenvalue weighted by Gasteiger charge is 2.18. The zero-order valence-corrected chi connectivity index (χ0v) is 9.88. The standard InChI is InChI=1S/C12H15NO4/c1-3-16-11(14)13(2)12(15)17-9-10-7-5-4-6-8-10/h4-8H,3,9H2,1-2H3. The van der Waals surface area contributed by atoms with Gasteiger partial charge in [0.1, 0.15) is 6.61 Å². The van der Waals surface area contributed by atoms with Crippen molar-refractivity contribution in [3.8, 4) is 0 Å². The maximum absolute atomic E-state index is 11.4. The molecule has 0 radical (unpaired) electrons. The first-order valence-corrected chi connectivity index (χ1v) is 5.26. The monoisotopic (exact) mass is 237 g/mol. The van der Waals surface area contributed by atoms with Crippen LogP contribution >= 0.6 is 0 Å². The molecule has 1 rings (SSSR count). The Hall–Kier alpha value is -2.04. The van der Waals surface area contributed by atoms with Crippen molar-refractivity contribution in [2.75, 3.05) is 13.7 Å². The van der Waals surface area contributed by atoms with Gasteiger partial charge in [0, 0.05) is 7.05 Å². The van der Waals surface area contributed by atoms with Gasteiger partial charge in [-0.15, -0.1) is 0 Å². The number of imide groups is 1. The van der Waals surface area contributed by atoms with Gasteiger partial charge in [-0.1, -0.05) is 30.3 Å². The Bertz CT molecular complexity index is 377. The number of benzene rings is 1. The largest absolute Gasteiger partial charge is 0.449 e. The Morgan fingerprint density at radius 2 is 1.71 bits per heavy atom. The second-order valence-corrected chi connectivity index (χ2v) is 3.30. The van der Waals surface area contributed by atoms with Crippen molar-refractivity contribution < 1.29 is 19.1 Å². The SMILES string of the molecule is CCOC(=O)N(C)C(=O)OCc1ccccc1. The molecular weight excluding hydrogens is 222 g/mol. The molecule has 2 amide bonds. The Labute approximate surface area is 99.9 Å². The molecule has 0 atom stereocenters. The Morgan fingerprint density at radius 1 is 1.12 bits per heavy atom. The van der Waals surface area contributed by atoms with Gasteiger partial charge < -0.3 is 9.47 Å². The Kier molecular flexibility index (Phi) is 5.00. The molecule has 0 N–H and O–H groups in total. The highest BCUT2D eigenvalue weighted by atomic mass is 16.6. The summed E-state index contributed by atoms with van der Waals surface area (Å²) in [6, 6.07) is 9.22. The summed E-state index contributed by atoms with van der Waals surface area (Å²) in [6.45, 7) is 2.01. The molecule has 0 saturated heterocycles. The highest BCUT2D eigenvalue weighted by molar-refractivity contribution is 5.87. The molecule has 5 heteroatoms. The summed E-state index contributed by atoms with van der Waals surface area (Å²) in [6.07, 6.45) is -1.45. The van der Waals surface area contributed by atoms with Crippen LogP contribution in [0.5, 0.6) is 0 Å². The van der Waals surface area contributed by atoms with Crippen LogP contribution in [0.25, 0.3) is 0 Å². The summed E-state index contributed by atoms with van der Waals surface area (Å²) in [5.74, 6) is 0. The summed E-state index contributed by atoms with van der Waals surface area (Å²) >= 11 is 0. The van der Waals surface area contributed by atoms with Crippen molar-refractivity contribution in [3.05, 3.63) is 35.9 Å². The van der Waals surface area contributed by atoms with Gasteiger partial charge in [-0.3, -0.25) is 0 Å². The topological polar surface area (TPSA) is 55.8 Å². The van der Waals surface area contributed by atoms with Crippen LogP contribution in [0.2, 0.25) is 0 Å². The predicted octanol–water partition coefficient (Wildman–Crippen LogP) is 2.41. The van der Waals surface area contributed by atoms with E-state index in [-0.39, 0.29) is 13.2 Å². The fourth-order valence-electron chi connectivity index (χ4n) is 1.11. The fourth-order valence-corrected chi connectivity index (χ4v) is 1.11. The molecule has 1 aromatic rings. The van der Waals surface area contributed by atoms with Gasteiger partial charge in [0.15, 0.2) is 0 Å². The molecule has 5 nitrogen and oxygen atoms in total. The van der Waals surface area contributed by atoms with Gasteiger partial charge in [0.25, 0.3) is 0 Å². The quantitative estimate of drug-likeness (QED) is 0.810.